The molecule has 0 radical (unpaired) electrons. The van der Waals surface area contributed by atoms with Gasteiger partial charge in [-0.2, -0.15) is 0 Å². The molecular formula is C16H22N2O. The van der Waals surface area contributed by atoms with Crippen molar-refractivity contribution in [1.82, 2.24) is 10.6 Å². The molecule has 1 amide bonds. The van der Waals surface area contributed by atoms with Crippen LogP contribution in [0.5, 0.6) is 0 Å². The molecule has 1 aliphatic carbocycles. The Hall–Kier alpha value is -1.35. The molecule has 1 heterocycles. The Morgan fingerprint density at radius 3 is 2.74 bits per heavy atom. The molecule has 3 rings (SSSR count). The van der Waals surface area contributed by atoms with Gasteiger partial charge in [0.2, 0.25) is 5.91 Å². The van der Waals surface area contributed by atoms with Gasteiger partial charge >= 0.3 is 0 Å². The van der Waals surface area contributed by atoms with Gasteiger partial charge in [-0.1, -0.05) is 30.3 Å². The molecule has 0 aromatic heterocycles. The van der Waals surface area contributed by atoms with E-state index >= 15 is 0 Å². The van der Waals surface area contributed by atoms with Crippen molar-refractivity contribution in [3.63, 3.8) is 0 Å². The summed E-state index contributed by atoms with van der Waals surface area (Å²) in [6, 6.07) is 11.2. The summed E-state index contributed by atoms with van der Waals surface area (Å²) in [4.78, 5) is 11.4. The Morgan fingerprint density at radius 2 is 2.00 bits per heavy atom. The van der Waals surface area contributed by atoms with Gasteiger partial charge in [-0.05, 0) is 37.7 Å². The predicted molar refractivity (Wildman–Crippen MR) is 75.9 cm³/mol. The first kappa shape index (κ1) is 12.7. The van der Waals surface area contributed by atoms with E-state index in [0.717, 1.165) is 25.8 Å². The number of hydrogen-bond acceptors (Lipinski definition) is 2. The third-order valence-electron chi connectivity index (χ3n) is 4.28. The molecule has 2 N–H and O–H groups in total. The van der Waals surface area contributed by atoms with Crippen molar-refractivity contribution in [2.75, 3.05) is 6.54 Å². The molecule has 2 aliphatic rings. The van der Waals surface area contributed by atoms with Crippen LogP contribution in [-0.4, -0.2) is 24.0 Å². The SMILES string of the molecule is O=C1CC[C@H](NC2(Cc3ccccc3)CC2)CCN1. The van der Waals surface area contributed by atoms with Crippen molar-refractivity contribution in [1.29, 1.82) is 0 Å². The third-order valence-corrected chi connectivity index (χ3v) is 4.28. The Morgan fingerprint density at radius 1 is 1.21 bits per heavy atom. The molecule has 19 heavy (non-hydrogen) atoms. The first-order valence-corrected chi connectivity index (χ1v) is 7.34. The second-order valence-corrected chi connectivity index (χ2v) is 5.96. The first-order valence-electron chi connectivity index (χ1n) is 7.34. The minimum absolute atomic E-state index is 0.206. The highest BCUT2D eigenvalue weighted by Crippen LogP contribution is 2.39. The van der Waals surface area contributed by atoms with E-state index in [4.69, 9.17) is 0 Å². The fraction of sp³-hybridized carbons (Fsp3) is 0.562. The summed E-state index contributed by atoms with van der Waals surface area (Å²) in [6.45, 7) is 0.817. The fourth-order valence-corrected chi connectivity index (χ4v) is 3.01. The molecule has 102 valence electrons. The second kappa shape index (κ2) is 5.33. The van der Waals surface area contributed by atoms with Gasteiger partial charge in [0, 0.05) is 24.5 Å². The van der Waals surface area contributed by atoms with E-state index in [1.165, 1.54) is 18.4 Å². The topological polar surface area (TPSA) is 41.1 Å². The van der Waals surface area contributed by atoms with E-state index in [9.17, 15) is 4.79 Å². The molecule has 1 saturated heterocycles. The van der Waals surface area contributed by atoms with Gasteiger partial charge in [0.25, 0.3) is 0 Å². The minimum atomic E-state index is 0.206. The largest absolute Gasteiger partial charge is 0.356 e. The van der Waals surface area contributed by atoms with E-state index < -0.39 is 0 Å². The van der Waals surface area contributed by atoms with Gasteiger partial charge in [-0.3, -0.25) is 4.79 Å². The molecule has 1 aromatic rings. The van der Waals surface area contributed by atoms with Crippen molar-refractivity contribution in [2.24, 2.45) is 0 Å². The van der Waals surface area contributed by atoms with Crippen LogP contribution in [-0.2, 0) is 11.2 Å². The second-order valence-electron chi connectivity index (χ2n) is 5.96. The lowest BCUT2D eigenvalue weighted by molar-refractivity contribution is -0.120. The molecule has 0 unspecified atom stereocenters. The summed E-state index contributed by atoms with van der Waals surface area (Å²) >= 11 is 0. The Balaban J connectivity index is 1.58. The number of benzene rings is 1. The Labute approximate surface area is 114 Å². The van der Waals surface area contributed by atoms with E-state index in [1.807, 2.05) is 0 Å². The van der Waals surface area contributed by atoms with Crippen LogP contribution in [0.15, 0.2) is 30.3 Å². The molecule has 0 bridgehead atoms. The molecule has 3 nitrogen and oxygen atoms in total. The van der Waals surface area contributed by atoms with E-state index in [0.29, 0.717) is 18.0 Å². The average molecular weight is 258 g/mol. The zero-order valence-electron chi connectivity index (χ0n) is 11.3. The lowest BCUT2D eigenvalue weighted by Crippen LogP contribution is -2.42. The van der Waals surface area contributed by atoms with Gasteiger partial charge in [-0.15, -0.1) is 0 Å². The lowest BCUT2D eigenvalue weighted by Gasteiger charge is -2.24. The zero-order chi connectivity index (χ0) is 13.1. The highest BCUT2D eigenvalue weighted by molar-refractivity contribution is 5.76. The molecule has 2 fully saturated rings. The van der Waals surface area contributed by atoms with Crippen LogP contribution in [0, 0.1) is 0 Å². The Kier molecular flexibility index (Phi) is 3.56. The van der Waals surface area contributed by atoms with Crippen molar-refractivity contribution in [3.05, 3.63) is 35.9 Å². The van der Waals surface area contributed by atoms with Gasteiger partial charge in [-0.25, -0.2) is 0 Å². The maximum Gasteiger partial charge on any atom is 0.220 e. The highest BCUT2D eigenvalue weighted by Gasteiger charge is 2.43. The molecule has 0 spiro atoms. The minimum Gasteiger partial charge on any atom is -0.356 e. The van der Waals surface area contributed by atoms with Crippen LogP contribution >= 0.6 is 0 Å². The maximum atomic E-state index is 11.4. The third kappa shape index (κ3) is 3.35. The monoisotopic (exact) mass is 258 g/mol. The van der Waals surface area contributed by atoms with E-state index in [-0.39, 0.29) is 5.91 Å². The predicted octanol–water partition coefficient (Wildman–Crippen LogP) is 2.02. The number of rotatable bonds is 4. The zero-order valence-corrected chi connectivity index (χ0v) is 11.3. The molecule has 1 saturated carbocycles. The van der Waals surface area contributed by atoms with Gasteiger partial charge < -0.3 is 10.6 Å². The summed E-state index contributed by atoms with van der Waals surface area (Å²) in [5.74, 6) is 0.206. The van der Waals surface area contributed by atoms with Gasteiger partial charge in [0.05, 0.1) is 0 Å². The Bertz CT molecular complexity index is 439. The molecule has 1 aromatic carbocycles. The van der Waals surface area contributed by atoms with Crippen LogP contribution in [0.1, 0.15) is 37.7 Å². The van der Waals surface area contributed by atoms with Crippen LogP contribution in [0.2, 0.25) is 0 Å². The normalized spacial score (nSPS) is 25.5. The maximum absolute atomic E-state index is 11.4. The first-order chi connectivity index (χ1) is 9.26. The van der Waals surface area contributed by atoms with Crippen molar-refractivity contribution < 1.29 is 4.79 Å². The molecular weight excluding hydrogens is 236 g/mol. The van der Waals surface area contributed by atoms with E-state index in [1.54, 1.807) is 0 Å². The number of amides is 1. The van der Waals surface area contributed by atoms with Gasteiger partial charge in [0.15, 0.2) is 0 Å². The van der Waals surface area contributed by atoms with Crippen molar-refractivity contribution in [3.8, 4) is 0 Å². The van der Waals surface area contributed by atoms with Gasteiger partial charge in [0.1, 0.15) is 0 Å². The average Bonchev–Trinajstić information content (AvgIpc) is 3.18. The number of carbonyl (C=O) groups is 1. The summed E-state index contributed by atoms with van der Waals surface area (Å²) in [5.41, 5.74) is 1.72. The number of nitrogens with one attached hydrogen (secondary N) is 2. The van der Waals surface area contributed by atoms with Crippen LogP contribution in [0.3, 0.4) is 0 Å². The molecule has 1 atom stereocenters. The van der Waals surface area contributed by atoms with Crippen molar-refractivity contribution >= 4 is 5.91 Å². The van der Waals surface area contributed by atoms with Crippen LogP contribution < -0.4 is 10.6 Å². The standard InChI is InChI=1S/C16H22N2O/c19-15-7-6-14(8-11-17-15)18-16(9-10-16)12-13-4-2-1-3-5-13/h1-5,14,18H,6-12H2,(H,17,19)/t14-/m0/s1. The lowest BCUT2D eigenvalue weighted by atomic mass is 10.0. The molecule has 3 heteroatoms. The summed E-state index contributed by atoms with van der Waals surface area (Å²) in [7, 11) is 0. The summed E-state index contributed by atoms with van der Waals surface area (Å²) in [6.07, 6.45) is 6.34. The summed E-state index contributed by atoms with van der Waals surface area (Å²) < 4.78 is 0. The highest BCUT2D eigenvalue weighted by atomic mass is 16.1. The molecule has 1 aliphatic heterocycles. The van der Waals surface area contributed by atoms with E-state index in [2.05, 4.69) is 41.0 Å². The van der Waals surface area contributed by atoms with Crippen LogP contribution in [0.4, 0.5) is 0 Å². The fourth-order valence-electron chi connectivity index (χ4n) is 3.01. The number of hydrogen-bond donors (Lipinski definition) is 2. The quantitative estimate of drug-likeness (QED) is 0.867. The van der Waals surface area contributed by atoms with Crippen LogP contribution in [0.25, 0.3) is 0 Å². The number of carbonyl (C=O) groups excluding carboxylic acids is 1. The smallest absolute Gasteiger partial charge is 0.220 e. The van der Waals surface area contributed by atoms with Crippen molar-refractivity contribution in [2.45, 2.75) is 50.1 Å². The summed E-state index contributed by atoms with van der Waals surface area (Å²) in [5, 5.41) is 6.77.